The minimum absolute atomic E-state index is 0.220. The van der Waals surface area contributed by atoms with Crippen LogP contribution in [0.4, 0.5) is 5.69 Å². The molecule has 0 fully saturated rings. The standard InChI is InChI=1S/C13H9BrN4O/c14-12-9(4-2-6-15-12)13(19)17-10-5-1-3-8-7-16-18-11(8)10/h1-7H,(H,16,18)(H,17,19). The highest BCUT2D eigenvalue weighted by atomic mass is 79.9. The van der Waals surface area contributed by atoms with Crippen molar-refractivity contribution < 1.29 is 4.79 Å². The second-order valence-corrected chi connectivity index (χ2v) is 4.69. The Morgan fingerprint density at radius 3 is 3.00 bits per heavy atom. The number of aromatic nitrogens is 3. The van der Waals surface area contributed by atoms with Crippen LogP contribution in [-0.4, -0.2) is 21.1 Å². The second-order valence-electron chi connectivity index (χ2n) is 3.94. The number of benzene rings is 1. The molecule has 1 amide bonds. The lowest BCUT2D eigenvalue weighted by atomic mass is 10.2. The summed E-state index contributed by atoms with van der Waals surface area (Å²) in [5.74, 6) is -0.220. The van der Waals surface area contributed by atoms with Gasteiger partial charge in [0.05, 0.1) is 23.0 Å². The van der Waals surface area contributed by atoms with E-state index >= 15 is 0 Å². The van der Waals surface area contributed by atoms with Crippen LogP contribution >= 0.6 is 15.9 Å². The fraction of sp³-hybridized carbons (Fsp3) is 0. The number of carbonyl (C=O) groups is 1. The minimum atomic E-state index is -0.220. The number of hydrogen-bond acceptors (Lipinski definition) is 3. The fourth-order valence-electron chi connectivity index (χ4n) is 1.82. The molecule has 2 N–H and O–H groups in total. The number of pyridine rings is 1. The predicted molar refractivity (Wildman–Crippen MR) is 76.0 cm³/mol. The van der Waals surface area contributed by atoms with Crippen LogP contribution in [0.2, 0.25) is 0 Å². The van der Waals surface area contributed by atoms with E-state index in [1.165, 1.54) is 0 Å². The van der Waals surface area contributed by atoms with Gasteiger partial charge in [0.15, 0.2) is 0 Å². The van der Waals surface area contributed by atoms with E-state index in [0.717, 1.165) is 10.9 Å². The van der Waals surface area contributed by atoms with Crippen molar-refractivity contribution in [2.45, 2.75) is 0 Å². The van der Waals surface area contributed by atoms with E-state index < -0.39 is 0 Å². The SMILES string of the molecule is O=C(Nc1cccc2cn[nH]c12)c1cccnc1Br. The van der Waals surface area contributed by atoms with E-state index in [2.05, 4.69) is 36.4 Å². The van der Waals surface area contributed by atoms with Crippen LogP contribution < -0.4 is 5.32 Å². The third-order valence-electron chi connectivity index (χ3n) is 2.73. The van der Waals surface area contributed by atoms with Crippen molar-refractivity contribution in [2.24, 2.45) is 0 Å². The predicted octanol–water partition coefficient (Wildman–Crippen LogP) is 2.97. The molecule has 0 saturated carbocycles. The number of rotatable bonds is 2. The number of H-pyrrole nitrogens is 1. The Balaban J connectivity index is 1.95. The maximum atomic E-state index is 12.2. The number of amides is 1. The monoisotopic (exact) mass is 316 g/mol. The highest BCUT2D eigenvalue weighted by molar-refractivity contribution is 9.10. The van der Waals surface area contributed by atoms with Crippen molar-refractivity contribution in [3.63, 3.8) is 0 Å². The van der Waals surface area contributed by atoms with E-state index in [9.17, 15) is 4.79 Å². The number of nitrogens with one attached hydrogen (secondary N) is 2. The molecule has 0 saturated heterocycles. The van der Waals surface area contributed by atoms with E-state index in [1.807, 2.05) is 18.2 Å². The van der Waals surface area contributed by atoms with Crippen molar-refractivity contribution in [3.8, 4) is 0 Å². The first-order chi connectivity index (χ1) is 9.25. The van der Waals surface area contributed by atoms with Gasteiger partial charge in [-0.3, -0.25) is 9.89 Å². The summed E-state index contributed by atoms with van der Waals surface area (Å²) < 4.78 is 0.518. The maximum Gasteiger partial charge on any atom is 0.258 e. The van der Waals surface area contributed by atoms with Crippen molar-refractivity contribution in [3.05, 3.63) is 52.9 Å². The molecule has 0 aliphatic rings. The zero-order valence-corrected chi connectivity index (χ0v) is 11.3. The average Bonchev–Trinajstić information content (AvgIpc) is 2.88. The summed E-state index contributed by atoms with van der Waals surface area (Å²) in [7, 11) is 0. The molecule has 0 atom stereocenters. The van der Waals surface area contributed by atoms with Gasteiger partial charge in [0.1, 0.15) is 4.60 Å². The summed E-state index contributed by atoms with van der Waals surface area (Å²) in [5, 5.41) is 10.6. The number of fused-ring (bicyclic) bond motifs is 1. The normalized spacial score (nSPS) is 10.6. The molecular weight excluding hydrogens is 308 g/mol. The van der Waals surface area contributed by atoms with Gasteiger partial charge in [0.2, 0.25) is 0 Å². The van der Waals surface area contributed by atoms with Gasteiger partial charge in [-0.2, -0.15) is 5.10 Å². The molecule has 5 nitrogen and oxygen atoms in total. The number of anilines is 1. The zero-order chi connectivity index (χ0) is 13.2. The van der Waals surface area contributed by atoms with Gasteiger partial charge in [-0.05, 0) is 34.1 Å². The Morgan fingerprint density at radius 1 is 1.26 bits per heavy atom. The average molecular weight is 317 g/mol. The molecule has 1 aromatic carbocycles. The van der Waals surface area contributed by atoms with Gasteiger partial charge < -0.3 is 5.32 Å². The summed E-state index contributed by atoms with van der Waals surface area (Å²) in [4.78, 5) is 16.2. The molecule has 0 spiro atoms. The van der Waals surface area contributed by atoms with Crippen molar-refractivity contribution in [1.82, 2.24) is 15.2 Å². The Hall–Kier alpha value is -2.21. The zero-order valence-electron chi connectivity index (χ0n) is 9.72. The Morgan fingerprint density at radius 2 is 2.16 bits per heavy atom. The smallest absolute Gasteiger partial charge is 0.258 e. The first-order valence-electron chi connectivity index (χ1n) is 5.59. The largest absolute Gasteiger partial charge is 0.320 e. The highest BCUT2D eigenvalue weighted by Crippen LogP contribution is 2.22. The van der Waals surface area contributed by atoms with Gasteiger partial charge in [-0.1, -0.05) is 12.1 Å². The lowest BCUT2D eigenvalue weighted by Crippen LogP contribution is -2.13. The third kappa shape index (κ3) is 2.22. The van der Waals surface area contributed by atoms with Crippen LogP contribution in [0, 0.1) is 0 Å². The van der Waals surface area contributed by atoms with E-state index in [1.54, 1.807) is 24.5 Å². The van der Waals surface area contributed by atoms with Gasteiger partial charge in [-0.15, -0.1) is 0 Å². The number of halogens is 1. The van der Waals surface area contributed by atoms with Crippen LogP contribution in [0.1, 0.15) is 10.4 Å². The maximum absolute atomic E-state index is 12.2. The van der Waals surface area contributed by atoms with Gasteiger partial charge >= 0.3 is 0 Å². The number of nitrogens with zero attached hydrogens (tertiary/aromatic N) is 2. The molecule has 2 heterocycles. The molecule has 2 aromatic heterocycles. The number of para-hydroxylation sites is 1. The Labute approximate surface area is 117 Å². The van der Waals surface area contributed by atoms with Crippen molar-refractivity contribution >= 4 is 38.4 Å². The number of hydrogen-bond donors (Lipinski definition) is 2. The summed E-state index contributed by atoms with van der Waals surface area (Å²) in [6.07, 6.45) is 3.33. The number of carbonyl (C=O) groups excluding carboxylic acids is 1. The summed E-state index contributed by atoms with van der Waals surface area (Å²) >= 11 is 3.26. The first-order valence-corrected chi connectivity index (χ1v) is 6.39. The molecule has 0 bridgehead atoms. The summed E-state index contributed by atoms with van der Waals surface area (Å²) in [6, 6.07) is 9.04. The molecule has 0 aliphatic carbocycles. The van der Waals surface area contributed by atoms with Crippen LogP contribution in [0.3, 0.4) is 0 Å². The molecular formula is C13H9BrN4O. The number of aromatic amines is 1. The molecule has 0 radical (unpaired) electrons. The van der Waals surface area contributed by atoms with E-state index in [-0.39, 0.29) is 5.91 Å². The minimum Gasteiger partial charge on any atom is -0.320 e. The van der Waals surface area contributed by atoms with Crippen molar-refractivity contribution in [2.75, 3.05) is 5.32 Å². The quantitative estimate of drug-likeness (QED) is 0.714. The molecule has 94 valence electrons. The van der Waals surface area contributed by atoms with Crippen LogP contribution in [0.15, 0.2) is 47.3 Å². The Kier molecular flexibility index (Phi) is 3.00. The topological polar surface area (TPSA) is 70.7 Å². The van der Waals surface area contributed by atoms with Crippen LogP contribution in [0.25, 0.3) is 10.9 Å². The lowest BCUT2D eigenvalue weighted by molar-refractivity contribution is 0.102. The molecule has 0 unspecified atom stereocenters. The van der Waals surface area contributed by atoms with Gasteiger partial charge in [-0.25, -0.2) is 4.98 Å². The second kappa shape index (κ2) is 4.81. The highest BCUT2D eigenvalue weighted by Gasteiger charge is 2.12. The third-order valence-corrected chi connectivity index (χ3v) is 3.36. The van der Waals surface area contributed by atoms with Gasteiger partial charge in [0, 0.05) is 11.6 Å². The molecule has 3 rings (SSSR count). The molecule has 19 heavy (non-hydrogen) atoms. The van der Waals surface area contributed by atoms with E-state index in [0.29, 0.717) is 15.9 Å². The van der Waals surface area contributed by atoms with E-state index in [4.69, 9.17) is 0 Å². The van der Waals surface area contributed by atoms with Gasteiger partial charge in [0.25, 0.3) is 5.91 Å². The summed E-state index contributed by atoms with van der Waals surface area (Å²) in [6.45, 7) is 0. The first kappa shape index (κ1) is 11.9. The Bertz CT molecular complexity index is 753. The molecule has 3 aromatic rings. The van der Waals surface area contributed by atoms with Crippen LogP contribution in [-0.2, 0) is 0 Å². The van der Waals surface area contributed by atoms with Crippen LogP contribution in [0.5, 0.6) is 0 Å². The fourth-order valence-corrected chi connectivity index (χ4v) is 2.25. The molecule has 6 heteroatoms. The lowest BCUT2D eigenvalue weighted by Gasteiger charge is -2.07. The van der Waals surface area contributed by atoms with Crippen molar-refractivity contribution in [1.29, 1.82) is 0 Å². The summed E-state index contributed by atoms with van der Waals surface area (Å²) in [5.41, 5.74) is 1.98. The molecule has 0 aliphatic heterocycles.